The predicted octanol–water partition coefficient (Wildman–Crippen LogP) is 3.75. The van der Waals surface area contributed by atoms with Crippen molar-refractivity contribution in [3.63, 3.8) is 0 Å². The lowest BCUT2D eigenvalue weighted by molar-refractivity contribution is 0.0523. The summed E-state index contributed by atoms with van der Waals surface area (Å²) in [5, 5.41) is 2.80. The molecule has 168 valence electrons. The summed E-state index contributed by atoms with van der Waals surface area (Å²) in [5.41, 5.74) is 3.43. The van der Waals surface area contributed by atoms with E-state index in [0.29, 0.717) is 31.0 Å². The van der Waals surface area contributed by atoms with Crippen LogP contribution in [0.2, 0.25) is 0 Å². The van der Waals surface area contributed by atoms with Gasteiger partial charge in [0.1, 0.15) is 5.60 Å². The van der Waals surface area contributed by atoms with E-state index in [-0.39, 0.29) is 6.54 Å². The fourth-order valence-electron chi connectivity index (χ4n) is 3.68. The first-order valence-corrected chi connectivity index (χ1v) is 11.8. The third kappa shape index (κ3) is 5.37. The summed E-state index contributed by atoms with van der Waals surface area (Å²) in [4.78, 5) is 12.4. The van der Waals surface area contributed by atoms with Crippen molar-refractivity contribution < 1.29 is 17.9 Å². The van der Waals surface area contributed by atoms with Crippen molar-refractivity contribution in [3.8, 4) is 0 Å². The molecule has 3 rings (SSSR count). The number of fused-ring (bicyclic) bond motifs is 1. The van der Waals surface area contributed by atoms with Crippen LogP contribution >= 0.6 is 0 Å². The van der Waals surface area contributed by atoms with Gasteiger partial charge in [0.05, 0.1) is 11.4 Å². The molecule has 8 heteroatoms. The second kappa shape index (κ2) is 8.88. The maximum Gasteiger partial charge on any atom is 0.407 e. The molecule has 0 atom stereocenters. The Morgan fingerprint density at radius 1 is 1.26 bits per heavy atom. The Bertz CT molecular complexity index is 1060. The summed E-state index contributed by atoms with van der Waals surface area (Å²) in [7, 11) is -3.59. The zero-order valence-corrected chi connectivity index (χ0v) is 19.5. The van der Waals surface area contributed by atoms with Crippen LogP contribution in [-0.2, 0) is 40.8 Å². The van der Waals surface area contributed by atoms with Crippen LogP contribution in [0, 0.1) is 6.92 Å². The minimum absolute atomic E-state index is 0.284. The molecule has 0 saturated heterocycles. The minimum Gasteiger partial charge on any atom is -0.444 e. The number of allylic oxidation sites excluding steroid dienone is 1. The summed E-state index contributed by atoms with van der Waals surface area (Å²) >= 11 is 0. The molecule has 1 aliphatic rings. The third-order valence-electron chi connectivity index (χ3n) is 5.14. The molecule has 0 fully saturated rings. The number of hydrogen-bond donors (Lipinski definition) is 1. The topological polar surface area (TPSA) is 80.6 Å². The molecule has 0 bridgehead atoms. The molecule has 0 unspecified atom stereocenters. The number of carbonyl (C=O) groups is 1. The zero-order valence-electron chi connectivity index (χ0n) is 18.6. The van der Waals surface area contributed by atoms with Crippen LogP contribution in [-0.4, -0.2) is 35.5 Å². The number of ether oxygens (including phenoxy) is 1. The highest BCUT2D eigenvalue weighted by Crippen LogP contribution is 2.29. The monoisotopic (exact) mass is 445 g/mol. The number of aromatic nitrogens is 1. The number of nitrogens with zero attached hydrogens (tertiary/aromatic N) is 2. The van der Waals surface area contributed by atoms with E-state index >= 15 is 0 Å². The highest BCUT2D eigenvalue weighted by molar-refractivity contribution is 7.89. The van der Waals surface area contributed by atoms with Crippen molar-refractivity contribution in [2.75, 3.05) is 6.54 Å². The van der Waals surface area contributed by atoms with Crippen molar-refractivity contribution >= 4 is 16.1 Å². The van der Waals surface area contributed by atoms with Crippen molar-refractivity contribution in [2.24, 2.45) is 0 Å². The first-order valence-electron chi connectivity index (χ1n) is 10.4. The molecule has 1 amide bonds. The number of hydrogen-bond acceptors (Lipinski definition) is 4. The SMILES string of the molecule is C=CCn1cc(CNC(=O)OC(C)(C)C)c2c1CN(S(=O)(=O)c1ccc(C)cc1)CC2. The van der Waals surface area contributed by atoms with E-state index in [2.05, 4.69) is 11.9 Å². The van der Waals surface area contributed by atoms with Gasteiger partial charge in [0, 0.05) is 31.5 Å². The fourth-order valence-corrected chi connectivity index (χ4v) is 5.08. The number of nitrogens with one attached hydrogen (secondary N) is 1. The lowest BCUT2D eigenvalue weighted by atomic mass is 10.0. The van der Waals surface area contributed by atoms with E-state index in [1.54, 1.807) is 18.2 Å². The maximum absolute atomic E-state index is 13.2. The van der Waals surface area contributed by atoms with Gasteiger partial charge >= 0.3 is 6.09 Å². The van der Waals surface area contributed by atoms with E-state index in [0.717, 1.165) is 22.4 Å². The minimum atomic E-state index is -3.59. The molecular weight excluding hydrogens is 414 g/mol. The van der Waals surface area contributed by atoms with E-state index in [4.69, 9.17) is 4.74 Å². The molecule has 7 nitrogen and oxygen atoms in total. The van der Waals surface area contributed by atoms with Crippen molar-refractivity contribution in [3.05, 3.63) is 65.5 Å². The van der Waals surface area contributed by atoms with Gasteiger partial charge in [-0.2, -0.15) is 4.31 Å². The Morgan fingerprint density at radius 2 is 1.94 bits per heavy atom. The number of rotatable bonds is 6. The average molecular weight is 446 g/mol. The smallest absolute Gasteiger partial charge is 0.407 e. The highest BCUT2D eigenvalue weighted by atomic mass is 32.2. The Balaban J connectivity index is 1.82. The molecule has 0 spiro atoms. The molecule has 1 N–H and O–H groups in total. The Kier molecular flexibility index (Phi) is 6.62. The van der Waals surface area contributed by atoms with E-state index < -0.39 is 21.7 Å². The first kappa shape index (κ1) is 23.1. The average Bonchev–Trinajstić information content (AvgIpc) is 3.03. The second-order valence-electron chi connectivity index (χ2n) is 8.78. The Morgan fingerprint density at radius 3 is 2.55 bits per heavy atom. The molecular formula is C23H31N3O4S. The summed E-state index contributed by atoms with van der Waals surface area (Å²) in [6.45, 7) is 12.8. The molecule has 0 saturated carbocycles. The Labute approximate surface area is 184 Å². The lowest BCUT2D eigenvalue weighted by Gasteiger charge is -2.28. The van der Waals surface area contributed by atoms with Gasteiger partial charge in [-0.05, 0) is 57.4 Å². The summed E-state index contributed by atoms with van der Waals surface area (Å²) in [6, 6.07) is 6.92. The van der Waals surface area contributed by atoms with E-state index in [9.17, 15) is 13.2 Å². The standard InChI is InChI=1S/C23H31N3O4S/c1-6-12-25-15-18(14-24-22(27)30-23(3,4)5)20-11-13-26(16-21(20)25)31(28,29)19-9-7-17(2)8-10-19/h6-10,15H,1,11-14,16H2,2-5H3,(H,24,27). The summed E-state index contributed by atoms with van der Waals surface area (Å²) in [5.74, 6) is 0. The second-order valence-corrected chi connectivity index (χ2v) is 10.7. The number of aryl methyl sites for hydroxylation is 1. The number of alkyl carbamates (subject to hydrolysis) is 1. The van der Waals surface area contributed by atoms with Crippen LogP contribution in [0.15, 0.2) is 48.0 Å². The molecule has 2 aromatic rings. The molecule has 1 aromatic carbocycles. The van der Waals surface area contributed by atoms with Gasteiger partial charge in [0.15, 0.2) is 0 Å². The number of amides is 1. The van der Waals surface area contributed by atoms with Gasteiger partial charge in [0.2, 0.25) is 10.0 Å². The lowest BCUT2D eigenvalue weighted by Crippen LogP contribution is -2.37. The molecule has 1 aromatic heterocycles. The van der Waals surface area contributed by atoms with Gasteiger partial charge in [-0.1, -0.05) is 23.8 Å². The van der Waals surface area contributed by atoms with E-state index in [1.807, 2.05) is 50.6 Å². The number of benzene rings is 1. The van der Waals surface area contributed by atoms with Crippen LogP contribution in [0.25, 0.3) is 0 Å². The molecule has 0 radical (unpaired) electrons. The normalized spacial score (nSPS) is 14.7. The van der Waals surface area contributed by atoms with Crippen molar-refractivity contribution in [2.45, 2.75) is 64.2 Å². The van der Waals surface area contributed by atoms with E-state index in [1.165, 1.54) is 4.31 Å². The predicted molar refractivity (Wildman–Crippen MR) is 120 cm³/mol. The van der Waals surface area contributed by atoms with Crippen LogP contribution in [0.1, 0.15) is 43.2 Å². The highest BCUT2D eigenvalue weighted by Gasteiger charge is 2.31. The van der Waals surface area contributed by atoms with Gasteiger partial charge < -0.3 is 14.6 Å². The van der Waals surface area contributed by atoms with Gasteiger partial charge in [-0.3, -0.25) is 0 Å². The van der Waals surface area contributed by atoms with Crippen LogP contribution in [0.5, 0.6) is 0 Å². The molecule has 1 aliphatic heterocycles. The third-order valence-corrected chi connectivity index (χ3v) is 7.00. The van der Waals surface area contributed by atoms with Crippen molar-refractivity contribution in [1.82, 2.24) is 14.2 Å². The molecule has 0 aliphatic carbocycles. The number of carbonyl (C=O) groups excluding carboxylic acids is 1. The molecule has 31 heavy (non-hydrogen) atoms. The van der Waals surface area contributed by atoms with Crippen LogP contribution < -0.4 is 5.32 Å². The summed E-state index contributed by atoms with van der Waals surface area (Å²) in [6.07, 6.45) is 3.84. The van der Waals surface area contributed by atoms with Crippen LogP contribution in [0.3, 0.4) is 0 Å². The first-order chi connectivity index (χ1) is 14.5. The summed E-state index contributed by atoms with van der Waals surface area (Å²) < 4.78 is 35.2. The fraction of sp³-hybridized carbons (Fsp3) is 0.435. The zero-order chi connectivity index (χ0) is 22.8. The number of sulfonamides is 1. The van der Waals surface area contributed by atoms with Crippen molar-refractivity contribution in [1.29, 1.82) is 0 Å². The van der Waals surface area contributed by atoms with Gasteiger partial charge in [-0.15, -0.1) is 6.58 Å². The quantitative estimate of drug-likeness (QED) is 0.687. The van der Waals surface area contributed by atoms with Gasteiger partial charge in [-0.25, -0.2) is 13.2 Å². The van der Waals surface area contributed by atoms with Gasteiger partial charge in [0.25, 0.3) is 0 Å². The largest absolute Gasteiger partial charge is 0.444 e. The molecule has 2 heterocycles. The van der Waals surface area contributed by atoms with Crippen LogP contribution in [0.4, 0.5) is 4.79 Å². The maximum atomic E-state index is 13.2. The Hall–Kier alpha value is -2.58.